The largest absolute Gasteiger partial charge is 0.359 e. The molecule has 1 aromatic carbocycles. The van der Waals surface area contributed by atoms with Gasteiger partial charge in [-0.05, 0) is 44.4 Å². The molecule has 1 saturated heterocycles. The van der Waals surface area contributed by atoms with E-state index < -0.39 is 6.04 Å². The van der Waals surface area contributed by atoms with Crippen molar-refractivity contribution in [3.8, 4) is 0 Å². The van der Waals surface area contributed by atoms with Gasteiger partial charge in [0.25, 0.3) is 5.91 Å². The van der Waals surface area contributed by atoms with Crippen molar-refractivity contribution in [2.24, 2.45) is 0 Å². The topological polar surface area (TPSA) is 76.2 Å². The molecule has 0 bridgehead atoms. The Hall–Kier alpha value is -2.77. The van der Waals surface area contributed by atoms with Crippen LogP contribution in [0, 0.1) is 6.92 Å². The van der Waals surface area contributed by atoms with Crippen molar-refractivity contribution in [3.63, 3.8) is 0 Å². The molecule has 1 N–H and O–H groups in total. The molecule has 0 saturated carbocycles. The second kappa shape index (κ2) is 7.73. The highest BCUT2D eigenvalue weighted by Gasteiger charge is 2.40. The van der Waals surface area contributed by atoms with E-state index in [0.717, 1.165) is 41.4 Å². The predicted molar refractivity (Wildman–Crippen MR) is 118 cm³/mol. The van der Waals surface area contributed by atoms with Crippen LogP contribution in [0.4, 0.5) is 5.82 Å². The number of carbonyl (C=O) groups is 1. The fraction of sp³-hybridized carbons (Fsp3) is 0.318. The molecule has 2 atom stereocenters. The Labute approximate surface area is 189 Å². The Morgan fingerprint density at radius 3 is 2.77 bits per heavy atom. The zero-order valence-corrected chi connectivity index (χ0v) is 18.6. The van der Waals surface area contributed by atoms with Crippen molar-refractivity contribution >= 4 is 34.9 Å². The number of allylic oxidation sites excluding steroid dienone is 1. The van der Waals surface area contributed by atoms with Crippen molar-refractivity contribution in [2.75, 3.05) is 11.9 Å². The maximum absolute atomic E-state index is 13.9. The van der Waals surface area contributed by atoms with Crippen LogP contribution in [0.1, 0.15) is 48.9 Å². The van der Waals surface area contributed by atoms with Gasteiger partial charge in [-0.1, -0.05) is 34.4 Å². The Bertz CT molecular complexity index is 1200. The van der Waals surface area contributed by atoms with E-state index in [0.29, 0.717) is 22.2 Å². The van der Waals surface area contributed by atoms with Gasteiger partial charge in [-0.3, -0.25) is 4.79 Å². The predicted octanol–water partition coefficient (Wildman–Crippen LogP) is 5.14. The Balaban J connectivity index is 1.58. The lowest BCUT2D eigenvalue weighted by atomic mass is 9.94. The molecule has 9 heteroatoms. The molecule has 2 aliphatic heterocycles. The van der Waals surface area contributed by atoms with Crippen LogP contribution in [0.25, 0.3) is 0 Å². The Morgan fingerprint density at radius 2 is 2.03 bits per heavy atom. The van der Waals surface area contributed by atoms with Crippen LogP contribution in [0.15, 0.2) is 52.3 Å². The van der Waals surface area contributed by atoms with Crippen LogP contribution in [-0.2, 0) is 4.79 Å². The van der Waals surface area contributed by atoms with E-state index in [4.69, 9.17) is 27.7 Å². The van der Waals surface area contributed by atoms with E-state index in [9.17, 15) is 4.79 Å². The summed E-state index contributed by atoms with van der Waals surface area (Å²) in [7, 11) is 0. The second-order valence-electron chi connectivity index (χ2n) is 7.93. The van der Waals surface area contributed by atoms with Gasteiger partial charge in [-0.15, -0.1) is 0 Å². The van der Waals surface area contributed by atoms with Crippen LogP contribution in [-0.4, -0.2) is 32.3 Å². The lowest BCUT2D eigenvalue weighted by Gasteiger charge is -2.33. The molecule has 31 heavy (non-hydrogen) atoms. The summed E-state index contributed by atoms with van der Waals surface area (Å²) in [5.41, 5.74) is 3.06. The number of anilines is 1. The summed E-state index contributed by atoms with van der Waals surface area (Å²) in [6.45, 7) is 4.45. The van der Waals surface area contributed by atoms with Gasteiger partial charge >= 0.3 is 0 Å². The van der Waals surface area contributed by atoms with Crippen molar-refractivity contribution in [2.45, 2.75) is 38.8 Å². The first-order valence-electron chi connectivity index (χ1n) is 10.1. The molecular weight excluding hydrogens is 437 g/mol. The number of amides is 1. The molecule has 160 valence electrons. The number of nitrogens with one attached hydrogen (secondary N) is 1. The summed E-state index contributed by atoms with van der Waals surface area (Å²) in [6, 6.07) is 8.65. The molecule has 2 aromatic heterocycles. The smallest absolute Gasteiger partial charge is 0.254 e. The van der Waals surface area contributed by atoms with Gasteiger partial charge < -0.3 is 14.7 Å². The van der Waals surface area contributed by atoms with Gasteiger partial charge in [0.1, 0.15) is 11.9 Å². The van der Waals surface area contributed by atoms with Gasteiger partial charge in [-0.25, -0.2) is 4.68 Å². The number of aromatic nitrogens is 3. The molecule has 1 fully saturated rings. The number of aryl methyl sites for hydroxylation is 1. The van der Waals surface area contributed by atoms with E-state index in [2.05, 4.69) is 15.6 Å². The van der Waals surface area contributed by atoms with Gasteiger partial charge in [0.15, 0.2) is 5.76 Å². The fourth-order valence-electron chi connectivity index (χ4n) is 4.47. The van der Waals surface area contributed by atoms with Crippen molar-refractivity contribution < 1.29 is 9.32 Å². The highest BCUT2D eigenvalue weighted by Crippen LogP contribution is 2.41. The number of fused-ring (bicyclic) bond motifs is 1. The third-order valence-corrected chi connectivity index (χ3v) is 6.62. The number of likely N-dealkylation sites (tertiary alicyclic amines) is 1. The summed E-state index contributed by atoms with van der Waals surface area (Å²) in [6.07, 6.45) is 3.45. The number of halogens is 2. The van der Waals surface area contributed by atoms with Gasteiger partial charge in [-0.2, -0.15) is 5.10 Å². The molecule has 1 amide bonds. The average molecular weight is 458 g/mol. The molecule has 3 aromatic rings. The minimum Gasteiger partial charge on any atom is -0.359 e. The first-order valence-corrected chi connectivity index (χ1v) is 10.9. The lowest BCUT2D eigenvalue weighted by molar-refractivity contribution is -0.128. The van der Waals surface area contributed by atoms with Crippen molar-refractivity contribution in [1.29, 1.82) is 0 Å². The van der Waals surface area contributed by atoms with E-state index in [1.165, 1.54) is 0 Å². The van der Waals surface area contributed by atoms with E-state index in [1.54, 1.807) is 18.3 Å². The quantitative estimate of drug-likeness (QED) is 0.588. The van der Waals surface area contributed by atoms with Crippen molar-refractivity contribution in [3.05, 3.63) is 74.9 Å². The molecule has 0 aliphatic carbocycles. The third kappa shape index (κ3) is 3.42. The fourth-order valence-corrected chi connectivity index (χ4v) is 4.78. The van der Waals surface area contributed by atoms with Crippen LogP contribution in [0.3, 0.4) is 0 Å². The van der Waals surface area contributed by atoms with Gasteiger partial charge in [0.2, 0.25) is 0 Å². The van der Waals surface area contributed by atoms with Gasteiger partial charge in [0.05, 0.1) is 33.6 Å². The summed E-state index contributed by atoms with van der Waals surface area (Å²) in [5.74, 6) is 1.48. The minimum atomic E-state index is -0.425. The normalized spacial score (nSPS) is 20.7. The zero-order valence-electron chi connectivity index (χ0n) is 17.1. The number of benzene rings is 1. The molecule has 5 rings (SSSR count). The average Bonchev–Trinajstić information content (AvgIpc) is 3.48. The van der Waals surface area contributed by atoms with Crippen LogP contribution in [0.5, 0.6) is 0 Å². The highest BCUT2D eigenvalue weighted by atomic mass is 35.5. The number of hydrogen-bond acceptors (Lipinski definition) is 5. The van der Waals surface area contributed by atoms with Crippen LogP contribution >= 0.6 is 23.2 Å². The molecule has 0 radical (unpaired) electrons. The monoisotopic (exact) mass is 457 g/mol. The number of carbonyl (C=O) groups excluding carboxylic acids is 1. The summed E-state index contributed by atoms with van der Waals surface area (Å²) < 4.78 is 7.31. The Kier molecular flexibility index (Phi) is 5.02. The third-order valence-electron chi connectivity index (χ3n) is 5.89. The molecular formula is C22H21Cl2N5O2. The summed E-state index contributed by atoms with van der Waals surface area (Å²) >= 11 is 12.5. The molecule has 0 unspecified atom stereocenters. The highest BCUT2D eigenvalue weighted by molar-refractivity contribution is 6.42. The van der Waals surface area contributed by atoms with Crippen LogP contribution < -0.4 is 5.32 Å². The summed E-state index contributed by atoms with van der Waals surface area (Å²) in [4.78, 5) is 15.8. The first kappa shape index (κ1) is 20.2. The SMILES string of the molecule is CC1=C(C(=O)N2CCC[C@H]2c2cc(C)no2)[C@@H](c2ccc(Cl)c(Cl)c2)n2nccc2N1. The number of nitrogens with zero attached hydrogens (tertiary/aromatic N) is 4. The standard InChI is InChI=1S/C22H21Cl2N5O2/c1-12-10-18(31-27-12)17-4-3-9-28(17)22(30)20-13(2)26-19-7-8-25-29(19)21(20)14-5-6-15(23)16(24)11-14/h5-8,10-11,17,21,26H,3-4,9H2,1-2H3/t17-,21+/m0/s1. The lowest BCUT2D eigenvalue weighted by Crippen LogP contribution is -2.38. The van der Waals surface area contributed by atoms with E-state index >= 15 is 0 Å². The molecule has 0 spiro atoms. The van der Waals surface area contributed by atoms with E-state index in [1.807, 2.05) is 41.6 Å². The zero-order chi connectivity index (χ0) is 21.7. The molecule has 2 aliphatic rings. The van der Waals surface area contributed by atoms with E-state index in [-0.39, 0.29) is 11.9 Å². The maximum atomic E-state index is 13.9. The summed E-state index contributed by atoms with van der Waals surface area (Å²) in [5, 5.41) is 12.7. The number of hydrogen-bond donors (Lipinski definition) is 1. The molecule has 4 heterocycles. The second-order valence-corrected chi connectivity index (χ2v) is 8.74. The van der Waals surface area contributed by atoms with Crippen LogP contribution in [0.2, 0.25) is 10.0 Å². The Morgan fingerprint density at radius 1 is 1.19 bits per heavy atom. The maximum Gasteiger partial charge on any atom is 0.254 e. The van der Waals surface area contributed by atoms with Crippen molar-refractivity contribution in [1.82, 2.24) is 19.8 Å². The van der Waals surface area contributed by atoms with Gasteiger partial charge in [0, 0.05) is 24.4 Å². The minimum absolute atomic E-state index is 0.0567. The number of rotatable bonds is 3. The first-order chi connectivity index (χ1) is 14.9. The molecule has 7 nitrogen and oxygen atoms in total.